The molecule has 1 aliphatic rings. The predicted octanol–water partition coefficient (Wildman–Crippen LogP) is 2.91. The first kappa shape index (κ1) is 11.6. The average Bonchev–Trinajstić information content (AvgIpc) is 2.78. The monoisotopic (exact) mass is 222 g/mol. The van der Waals surface area contributed by atoms with Gasteiger partial charge in [0.15, 0.2) is 0 Å². The van der Waals surface area contributed by atoms with Crippen LogP contribution in [0.25, 0.3) is 0 Å². The number of oxazole rings is 1. The van der Waals surface area contributed by atoms with E-state index in [1.165, 1.54) is 32.1 Å². The van der Waals surface area contributed by atoms with Crippen LogP contribution in [-0.2, 0) is 13.0 Å². The zero-order valence-corrected chi connectivity index (χ0v) is 10.2. The molecule has 16 heavy (non-hydrogen) atoms. The van der Waals surface area contributed by atoms with Gasteiger partial charge in [-0.1, -0.05) is 26.2 Å². The van der Waals surface area contributed by atoms with Gasteiger partial charge in [-0.3, -0.25) is 0 Å². The zero-order valence-electron chi connectivity index (χ0n) is 10.2. The standard InChI is InChI=1S/C13H22N2O/c1-2-12-9-15-13(16-12)10-14-8-11-6-4-3-5-7-11/h9,11,14H,2-8,10H2,1H3. The van der Waals surface area contributed by atoms with Crippen LogP contribution in [0.3, 0.4) is 0 Å². The van der Waals surface area contributed by atoms with Gasteiger partial charge in [0.1, 0.15) is 5.76 Å². The van der Waals surface area contributed by atoms with Gasteiger partial charge in [-0.15, -0.1) is 0 Å². The predicted molar refractivity (Wildman–Crippen MR) is 64.2 cm³/mol. The summed E-state index contributed by atoms with van der Waals surface area (Å²) in [4.78, 5) is 4.24. The number of aryl methyl sites for hydroxylation is 1. The molecule has 90 valence electrons. The molecule has 0 bridgehead atoms. The smallest absolute Gasteiger partial charge is 0.208 e. The number of hydrogen-bond acceptors (Lipinski definition) is 3. The number of nitrogens with zero attached hydrogens (tertiary/aromatic N) is 1. The Bertz CT molecular complexity index is 303. The van der Waals surface area contributed by atoms with Crippen molar-refractivity contribution in [1.29, 1.82) is 0 Å². The third-order valence-corrected chi connectivity index (χ3v) is 3.38. The van der Waals surface area contributed by atoms with Gasteiger partial charge in [-0.05, 0) is 25.3 Å². The van der Waals surface area contributed by atoms with Crippen LogP contribution in [0.15, 0.2) is 10.6 Å². The van der Waals surface area contributed by atoms with E-state index in [2.05, 4.69) is 17.2 Å². The van der Waals surface area contributed by atoms with E-state index in [0.29, 0.717) is 0 Å². The fourth-order valence-corrected chi connectivity index (χ4v) is 2.37. The molecule has 0 radical (unpaired) electrons. The molecule has 0 aromatic carbocycles. The number of nitrogens with one attached hydrogen (secondary N) is 1. The molecule has 3 heteroatoms. The lowest BCUT2D eigenvalue weighted by Gasteiger charge is -2.21. The van der Waals surface area contributed by atoms with Crippen LogP contribution in [0.2, 0.25) is 0 Å². The lowest BCUT2D eigenvalue weighted by molar-refractivity contribution is 0.333. The highest BCUT2D eigenvalue weighted by Gasteiger charge is 2.12. The summed E-state index contributed by atoms with van der Waals surface area (Å²) in [6.45, 7) is 3.97. The molecule has 2 rings (SSSR count). The molecule has 1 aliphatic carbocycles. The Morgan fingerprint density at radius 3 is 2.88 bits per heavy atom. The van der Waals surface area contributed by atoms with E-state index in [9.17, 15) is 0 Å². The maximum Gasteiger partial charge on any atom is 0.208 e. The van der Waals surface area contributed by atoms with Gasteiger partial charge >= 0.3 is 0 Å². The number of hydrogen-bond donors (Lipinski definition) is 1. The summed E-state index contributed by atoms with van der Waals surface area (Å²) in [5.74, 6) is 2.68. The van der Waals surface area contributed by atoms with Crippen LogP contribution < -0.4 is 5.32 Å². The molecule has 1 heterocycles. The molecule has 0 saturated heterocycles. The second-order valence-corrected chi connectivity index (χ2v) is 4.71. The fourth-order valence-electron chi connectivity index (χ4n) is 2.37. The Morgan fingerprint density at radius 2 is 2.19 bits per heavy atom. The van der Waals surface area contributed by atoms with Gasteiger partial charge < -0.3 is 9.73 Å². The van der Waals surface area contributed by atoms with E-state index >= 15 is 0 Å². The first-order valence-corrected chi connectivity index (χ1v) is 6.52. The Labute approximate surface area is 97.6 Å². The summed E-state index contributed by atoms with van der Waals surface area (Å²) in [6, 6.07) is 0. The molecule has 0 spiro atoms. The maximum atomic E-state index is 5.55. The van der Waals surface area contributed by atoms with Crippen molar-refractivity contribution >= 4 is 0 Å². The Hall–Kier alpha value is -0.830. The molecular formula is C13H22N2O. The number of rotatable bonds is 5. The Balaban J connectivity index is 1.66. The molecule has 0 aliphatic heterocycles. The molecule has 0 unspecified atom stereocenters. The van der Waals surface area contributed by atoms with Gasteiger partial charge in [-0.25, -0.2) is 4.98 Å². The third kappa shape index (κ3) is 3.34. The Kier molecular flexibility index (Phi) is 4.40. The molecule has 3 nitrogen and oxygen atoms in total. The summed E-state index contributed by atoms with van der Waals surface area (Å²) in [5, 5.41) is 3.45. The maximum absolute atomic E-state index is 5.55. The summed E-state index contributed by atoms with van der Waals surface area (Å²) < 4.78 is 5.55. The second kappa shape index (κ2) is 6.04. The summed E-state index contributed by atoms with van der Waals surface area (Å²) in [7, 11) is 0. The van der Waals surface area contributed by atoms with Crippen molar-refractivity contribution in [2.45, 2.75) is 52.0 Å². The molecule has 0 amide bonds. The minimum absolute atomic E-state index is 0.774. The molecule has 1 fully saturated rings. The largest absolute Gasteiger partial charge is 0.444 e. The van der Waals surface area contributed by atoms with E-state index in [1.54, 1.807) is 0 Å². The molecular weight excluding hydrogens is 200 g/mol. The molecule has 0 atom stereocenters. The average molecular weight is 222 g/mol. The van der Waals surface area contributed by atoms with Crippen LogP contribution in [0.1, 0.15) is 50.7 Å². The van der Waals surface area contributed by atoms with E-state index in [1.807, 2.05) is 6.20 Å². The molecule has 1 N–H and O–H groups in total. The van der Waals surface area contributed by atoms with E-state index in [4.69, 9.17) is 4.42 Å². The fraction of sp³-hybridized carbons (Fsp3) is 0.769. The van der Waals surface area contributed by atoms with Crippen molar-refractivity contribution in [3.8, 4) is 0 Å². The quantitative estimate of drug-likeness (QED) is 0.832. The van der Waals surface area contributed by atoms with Crippen LogP contribution in [0.5, 0.6) is 0 Å². The van der Waals surface area contributed by atoms with Crippen molar-refractivity contribution in [3.63, 3.8) is 0 Å². The first-order chi connectivity index (χ1) is 7.88. The minimum atomic E-state index is 0.774. The highest BCUT2D eigenvalue weighted by Crippen LogP contribution is 2.22. The van der Waals surface area contributed by atoms with Gasteiger partial charge in [0.25, 0.3) is 0 Å². The van der Waals surface area contributed by atoms with E-state index in [-0.39, 0.29) is 0 Å². The van der Waals surface area contributed by atoms with Crippen LogP contribution in [0.4, 0.5) is 0 Å². The lowest BCUT2D eigenvalue weighted by atomic mass is 9.89. The molecule has 1 aromatic rings. The summed E-state index contributed by atoms with van der Waals surface area (Å²) in [5.41, 5.74) is 0. The van der Waals surface area contributed by atoms with Crippen molar-refractivity contribution in [2.24, 2.45) is 5.92 Å². The van der Waals surface area contributed by atoms with E-state index in [0.717, 1.165) is 37.1 Å². The first-order valence-electron chi connectivity index (χ1n) is 6.52. The van der Waals surface area contributed by atoms with Crippen molar-refractivity contribution in [3.05, 3.63) is 17.8 Å². The topological polar surface area (TPSA) is 38.1 Å². The van der Waals surface area contributed by atoms with Crippen molar-refractivity contribution in [2.75, 3.05) is 6.54 Å². The summed E-state index contributed by atoms with van der Waals surface area (Å²) >= 11 is 0. The lowest BCUT2D eigenvalue weighted by Crippen LogP contribution is -2.24. The SMILES string of the molecule is CCc1cnc(CNCC2CCCCC2)o1. The summed E-state index contributed by atoms with van der Waals surface area (Å²) in [6.07, 6.45) is 9.78. The van der Waals surface area contributed by atoms with Gasteiger partial charge in [0, 0.05) is 6.42 Å². The normalized spacial score (nSPS) is 17.8. The second-order valence-electron chi connectivity index (χ2n) is 4.71. The molecule has 1 aromatic heterocycles. The van der Waals surface area contributed by atoms with E-state index < -0.39 is 0 Å². The van der Waals surface area contributed by atoms with Gasteiger partial charge in [0.05, 0.1) is 12.7 Å². The Morgan fingerprint density at radius 1 is 1.38 bits per heavy atom. The highest BCUT2D eigenvalue weighted by molar-refractivity contribution is 4.93. The van der Waals surface area contributed by atoms with Gasteiger partial charge in [-0.2, -0.15) is 0 Å². The van der Waals surface area contributed by atoms with Crippen LogP contribution >= 0.6 is 0 Å². The van der Waals surface area contributed by atoms with Crippen molar-refractivity contribution in [1.82, 2.24) is 10.3 Å². The molecule has 1 saturated carbocycles. The third-order valence-electron chi connectivity index (χ3n) is 3.38. The highest BCUT2D eigenvalue weighted by atomic mass is 16.4. The van der Waals surface area contributed by atoms with Crippen LogP contribution in [-0.4, -0.2) is 11.5 Å². The number of aromatic nitrogens is 1. The minimum Gasteiger partial charge on any atom is -0.444 e. The van der Waals surface area contributed by atoms with Crippen molar-refractivity contribution < 1.29 is 4.42 Å². The zero-order chi connectivity index (χ0) is 11.2. The van der Waals surface area contributed by atoms with Gasteiger partial charge in [0.2, 0.25) is 5.89 Å². The van der Waals surface area contributed by atoms with Crippen LogP contribution in [0, 0.1) is 5.92 Å².